The summed E-state index contributed by atoms with van der Waals surface area (Å²) in [7, 11) is 0. The van der Waals surface area contributed by atoms with E-state index in [-0.39, 0.29) is 11.8 Å². The summed E-state index contributed by atoms with van der Waals surface area (Å²) in [5, 5.41) is 7.50. The van der Waals surface area contributed by atoms with E-state index in [1.807, 2.05) is 43.3 Å². The van der Waals surface area contributed by atoms with Crippen LogP contribution in [0.25, 0.3) is 0 Å². The zero-order valence-electron chi connectivity index (χ0n) is 12.1. The van der Waals surface area contributed by atoms with Gasteiger partial charge in [0, 0.05) is 11.1 Å². The highest BCUT2D eigenvalue weighted by atomic mass is 16.4. The number of nitrogen functional groups attached to an aromatic ring is 1. The van der Waals surface area contributed by atoms with Crippen LogP contribution in [0.3, 0.4) is 0 Å². The van der Waals surface area contributed by atoms with E-state index in [4.69, 9.17) is 10.2 Å². The highest BCUT2D eigenvalue weighted by Gasteiger charge is 2.12. The Bertz CT molecular complexity index is 810. The second kappa shape index (κ2) is 5.81. The van der Waals surface area contributed by atoms with E-state index in [2.05, 4.69) is 10.2 Å². The molecular formula is C17H15N3O2. The van der Waals surface area contributed by atoms with Gasteiger partial charge in [-0.15, -0.1) is 5.10 Å². The summed E-state index contributed by atoms with van der Waals surface area (Å²) in [6, 6.07) is 14.9. The minimum absolute atomic E-state index is 0.00751. The van der Waals surface area contributed by atoms with Crippen molar-refractivity contribution in [3.05, 3.63) is 76.7 Å². The molecule has 0 radical (unpaired) electrons. The predicted molar refractivity (Wildman–Crippen MR) is 82.6 cm³/mol. The van der Waals surface area contributed by atoms with E-state index in [0.29, 0.717) is 23.4 Å². The summed E-state index contributed by atoms with van der Waals surface area (Å²) in [5.41, 5.74) is 8.75. The molecule has 0 fully saturated rings. The molecule has 0 amide bonds. The molecule has 3 aromatic rings. The van der Waals surface area contributed by atoms with Crippen LogP contribution >= 0.6 is 0 Å². The van der Waals surface area contributed by atoms with Gasteiger partial charge in [0.1, 0.15) is 0 Å². The lowest BCUT2D eigenvalue weighted by Crippen LogP contribution is -2.03. The molecule has 110 valence electrons. The minimum Gasteiger partial charge on any atom is -0.408 e. The molecular weight excluding hydrogens is 278 g/mol. The van der Waals surface area contributed by atoms with E-state index in [1.54, 1.807) is 12.1 Å². The summed E-state index contributed by atoms with van der Waals surface area (Å²) in [5.74, 6) is 0.428. The zero-order valence-corrected chi connectivity index (χ0v) is 12.1. The first kappa shape index (κ1) is 14.0. The number of nitrogens with zero attached hydrogens (tertiary/aromatic N) is 2. The standard InChI is InChI=1S/C17H15N3O2/c1-11-7-8-13(16(21)12-5-3-2-4-6-12)9-14(11)10-15-19-20-17(18)22-15/h2-9H,10H2,1H3,(H2,18,20). The predicted octanol–water partition coefficient (Wildman–Crippen LogP) is 2.78. The van der Waals surface area contributed by atoms with Gasteiger partial charge in [-0.3, -0.25) is 4.79 Å². The summed E-state index contributed by atoms with van der Waals surface area (Å²) in [4.78, 5) is 12.5. The molecule has 5 nitrogen and oxygen atoms in total. The van der Waals surface area contributed by atoms with Crippen molar-refractivity contribution in [3.8, 4) is 0 Å². The molecule has 1 heterocycles. The van der Waals surface area contributed by atoms with Gasteiger partial charge in [-0.05, 0) is 24.1 Å². The van der Waals surface area contributed by atoms with E-state index in [1.165, 1.54) is 0 Å². The molecule has 2 N–H and O–H groups in total. The van der Waals surface area contributed by atoms with Crippen molar-refractivity contribution in [1.82, 2.24) is 10.2 Å². The first-order valence-corrected chi connectivity index (χ1v) is 6.90. The molecule has 0 aliphatic rings. The van der Waals surface area contributed by atoms with Gasteiger partial charge in [0.05, 0.1) is 6.42 Å². The molecule has 0 unspecified atom stereocenters. The molecule has 1 aromatic heterocycles. The Morgan fingerprint density at radius 2 is 1.86 bits per heavy atom. The average Bonchev–Trinajstić information content (AvgIpc) is 2.95. The first-order valence-electron chi connectivity index (χ1n) is 6.90. The fourth-order valence-corrected chi connectivity index (χ4v) is 2.26. The third-order valence-electron chi connectivity index (χ3n) is 3.47. The van der Waals surface area contributed by atoms with Gasteiger partial charge in [-0.2, -0.15) is 0 Å². The molecule has 0 aliphatic carbocycles. The fraction of sp³-hybridized carbons (Fsp3) is 0.118. The van der Waals surface area contributed by atoms with Crippen LogP contribution in [0.4, 0.5) is 6.01 Å². The molecule has 3 rings (SSSR count). The fourth-order valence-electron chi connectivity index (χ4n) is 2.26. The second-order valence-electron chi connectivity index (χ2n) is 5.05. The van der Waals surface area contributed by atoms with Gasteiger partial charge in [-0.1, -0.05) is 47.6 Å². The van der Waals surface area contributed by atoms with Crippen LogP contribution in [0.2, 0.25) is 0 Å². The van der Waals surface area contributed by atoms with Crippen molar-refractivity contribution in [1.29, 1.82) is 0 Å². The number of ketones is 1. The number of aryl methyl sites for hydroxylation is 1. The molecule has 0 aliphatic heterocycles. The van der Waals surface area contributed by atoms with Gasteiger partial charge in [-0.25, -0.2) is 0 Å². The van der Waals surface area contributed by atoms with Gasteiger partial charge in [0.15, 0.2) is 5.78 Å². The molecule has 22 heavy (non-hydrogen) atoms. The summed E-state index contributed by atoms with van der Waals surface area (Å²) in [6.07, 6.45) is 0.450. The lowest BCUT2D eigenvalue weighted by Gasteiger charge is -2.07. The van der Waals surface area contributed by atoms with Crippen molar-refractivity contribution in [2.24, 2.45) is 0 Å². The third-order valence-corrected chi connectivity index (χ3v) is 3.47. The maximum Gasteiger partial charge on any atom is 0.312 e. The molecule has 0 saturated carbocycles. The smallest absolute Gasteiger partial charge is 0.312 e. The van der Waals surface area contributed by atoms with Crippen molar-refractivity contribution < 1.29 is 9.21 Å². The maximum atomic E-state index is 12.5. The minimum atomic E-state index is -0.00751. The number of anilines is 1. The Morgan fingerprint density at radius 1 is 1.09 bits per heavy atom. The summed E-state index contributed by atoms with van der Waals surface area (Å²) < 4.78 is 5.20. The van der Waals surface area contributed by atoms with Crippen LogP contribution in [0.5, 0.6) is 0 Å². The van der Waals surface area contributed by atoms with Crippen LogP contribution in [-0.2, 0) is 6.42 Å². The van der Waals surface area contributed by atoms with E-state index < -0.39 is 0 Å². The van der Waals surface area contributed by atoms with E-state index >= 15 is 0 Å². The number of carbonyl (C=O) groups excluding carboxylic acids is 1. The number of hydrogen-bond donors (Lipinski definition) is 1. The zero-order chi connectivity index (χ0) is 15.5. The van der Waals surface area contributed by atoms with Crippen LogP contribution < -0.4 is 5.73 Å². The Morgan fingerprint density at radius 3 is 2.55 bits per heavy atom. The van der Waals surface area contributed by atoms with Crippen molar-refractivity contribution in [3.63, 3.8) is 0 Å². The lowest BCUT2D eigenvalue weighted by atomic mass is 9.97. The summed E-state index contributed by atoms with van der Waals surface area (Å²) in [6.45, 7) is 1.98. The lowest BCUT2D eigenvalue weighted by molar-refractivity contribution is 0.103. The number of carbonyl (C=O) groups is 1. The number of rotatable bonds is 4. The second-order valence-corrected chi connectivity index (χ2v) is 5.05. The van der Waals surface area contributed by atoms with Crippen LogP contribution in [0.15, 0.2) is 52.9 Å². The number of hydrogen-bond acceptors (Lipinski definition) is 5. The topological polar surface area (TPSA) is 82.0 Å². The van der Waals surface area contributed by atoms with Crippen LogP contribution in [-0.4, -0.2) is 16.0 Å². The quantitative estimate of drug-likeness (QED) is 0.748. The van der Waals surface area contributed by atoms with Gasteiger partial charge in [0.2, 0.25) is 5.89 Å². The number of aromatic nitrogens is 2. The Hall–Kier alpha value is -2.95. The van der Waals surface area contributed by atoms with Crippen molar-refractivity contribution in [2.75, 3.05) is 5.73 Å². The Kier molecular flexibility index (Phi) is 3.70. The highest BCUT2D eigenvalue weighted by Crippen LogP contribution is 2.18. The molecule has 5 heteroatoms. The molecule has 0 saturated heterocycles. The van der Waals surface area contributed by atoms with Gasteiger partial charge in [0.25, 0.3) is 0 Å². The summed E-state index contributed by atoms with van der Waals surface area (Å²) >= 11 is 0. The monoisotopic (exact) mass is 293 g/mol. The highest BCUT2D eigenvalue weighted by molar-refractivity contribution is 6.09. The normalized spacial score (nSPS) is 10.6. The van der Waals surface area contributed by atoms with E-state index in [0.717, 1.165) is 11.1 Å². The van der Waals surface area contributed by atoms with Crippen molar-refractivity contribution in [2.45, 2.75) is 13.3 Å². The van der Waals surface area contributed by atoms with Gasteiger partial charge >= 0.3 is 6.01 Å². The average molecular weight is 293 g/mol. The number of nitrogens with two attached hydrogens (primary N) is 1. The maximum absolute atomic E-state index is 12.5. The SMILES string of the molecule is Cc1ccc(C(=O)c2ccccc2)cc1Cc1nnc(N)o1. The Labute approximate surface area is 127 Å². The first-order chi connectivity index (χ1) is 10.6. The largest absolute Gasteiger partial charge is 0.408 e. The number of benzene rings is 2. The third kappa shape index (κ3) is 2.88. The van der Waals surface area contributed by atoms with Crippen molar-refractivity contribution >= 4 is 11.8 Å². The van der Waals surface area contributed by atoms with Crippen LogP contribution in [0, 0.1) is 6.92 Å². The Balaban J connectivity index is 1.91. The molecule has 2 aromatic carbocycles. The van der Waals surface area contributed by atoms with E-state index in [9.17, 15) is 4.79 Å². The molecule has 0 atom stereocenters. The van der Waals surface area contributed by atoms with Crippen LogP contribution in [0.1, 0.15) is 32.9 Å². The molecule has 0 spiro atoms. The van der Waals surface area contributed by atoms with Gasteiger partial charge < -0.3 is 10.2 Å². The molecule has 0 bridgehead atoms.